The van der Waals surface area contributed by atoms with Crippen molar-refractivity contribution in [2.45, 2.75) is 19.3 Å². The lowest BCUT2D eigenvalue weighted by Gasteiger charge is -2.20. The van der Waals surface area contributed by atoms with Crippen molar-refractivity contribution in [2.24, 2.45) is 13.0 Å². The number of nitrogens with zero attached hydrogens (tertiary/aromatic N) is 2. The number of imidazole rings is 1. The van der Waals surface area contributed by atoms with Gasteiger partial charge in [-0.3, -0.25) is 4.79 Å². The van der Waals surface area contributed by atoms with Gasteiger partial charge in [0.2, 0.25) is 0 Å². The highest BCUT2D eigenvalue weighted by Crippen LogP contribution is 2.15. The van der Waals surface area contributed by atoms with Gasteiger partial charge in [0.1, 0.15) is 11.6 Å². The van der Waals surface area contributed by atoms with Gasteiger partial charge in [-0.15, -0.1) is 0 Å². The Kier molecular flexibility index (Phi) is 3.16. The SMILES string of the molecule is Cn1ccnc1CCC1COCCC1=O. The Balaban J connectivity index is 1.87. The van der Waals surface area contributed by atoms with Crippen LogP contribution in [0.4, 0.5) is 0 Å². The molecule has 0 bridgehead atoms. The van der Waals surface area contributed by atoms with Crippen LogP contribution in [0.2, 0.25) is 0 Å². The zero-order chi connectivity index (χ0) is 10.7. The van der Waals surface area contributed by atoms with Gasteiger partial charge in [-0.25, -0.2) is 4.98 Å². The first kappa shape index (κ1) is 10.4. The average Bonchev–Trinajstić information content (AvgIpc) is 2.63. The highest BCUT2D eigenvalue weighted by atomic mass is 16.5. The second-order valence-electron chi connectivity index (χ2n) is 3.98. The van der Waals surface area contributed by atoms with Crippen molar-refractivity contribution < 1.29 is 9.53 Å². The minimum atomic E-state index is 0.0791. The van der Waals surface area contributed by atoms with E-state index in [1.54, 1.807) is 6.20 Å². The molecule has 1 unspecified atom stereocenters. The molecule has 0 saturated carbocycles. The molecule has 0 N–H and O–H groups in total. The fourth-order valence-electron chi connectivity index (χ4n) is 1.88. The quantitative estimate of drug-likeness (QED) is 0.743. The highest BCUT2D eigenvalue weighted by Gasteiger charge is 2.22. The van der Waals surface area contributed by atoms with Crippen molar-refractivity contribution >= 4 is 5.78 Å². The summed E-state index contributed by atoms with van der Waals surface area (Å²) >= 11 is 0. The maximum atomic E-state index is 11.5. The molecule has 2 heterocycles. The van der Waals surface area contributed by atoms with E-state index in [0.29, 0.717) is 25.4 Å². The zero-order valence-electron chi connectivity index (χ0n) is 8.98. The lowest BCUT2D eigenvalue weighted by molar-refractivity contribution is -0.130. The summed E-state index contributed by atoms with van der Waals surface area (Å²) in [6, 6.07) is 0. The molecular formula is C11H16N2O2. The van der Waals surface area contributed by atoms with Gasteiger partial charge in [0.25, 0.3) is 0 Å². The van der Waals surface area contributed by atoms with Crippen LogP contribution in [0, 0.1) is 5.92 Å². The summed E-state index contributed by atoms with van der Waals surface area (Å²) in [6.07, 6.45) is 5.99. The summed E-state index contributed by atoms with van der Waals surface area (Å²) in [6.45, 7) is 1.18. The number of ether oxygens (including phenoxy) is 1. The molecule has 4 nitrogen and oxygen atoms in total. The Morgan fingerprint density at radius 1 is 1.67 bits per heavy atom. The molecule has 0 aliphatic carbocycles. The first-order chi connectivity index (χ1) is 7.27. The van der Waals surface area contributed by atoms with E-state index >= 15 is 0 Å². The normalized spacial score (nSPS) is 21.9. The fraction of sp³-hybridized carbons (Fsp3) is 0.636. The van der Waals surface area contributed by atoms with Gasteiger partial charge < -0.3 is 9.30 Å². The predicted octanol–water partition coefficient (Wildman–Crippen LogP) is 0.958. The number of hydrogen-bond donors (Lipinski definition) is 0. The third-order valence-corrected chi connectivity index (χ3v) is 2.90. The molecule has 1 aromatic rings. The second-order valence-corrected chi connectivity index (χ2v) is 3.98. The highest BCUT2D eigenvalue weighted by molar-refractivity contribution is 5.81. The Hall–Kier alpha value is -1.16. The molecule has 0 spiro atoms. The van der Waals surface area contributed by atoms with Crippen LogP contribution < -0.4 is 0 Å². The largest absolute Gasteiger partial charge is 0.380 e. The number of carbonyl (C=O) groups is 1. The maximum Gasteiger partial charge on any atom is 0.140 e. The molecule has 1 fully saturated rings. The van der Waals surface area contributed by atoms with E-state index in [2.05, 4.69) is 4.98 Å². The first-order valence-electron chi connectivity index (χ1n) is 5.34. The molecule has 1 aliphatic rings. The van der Waals surface area contributed by atoms with Crippen molar-refractivity contribution in [3.05, 3.63) is 18.2 Å². The molecule has 1 saturated heterocycles. The molecule has 1 aliphatic heterocycles. The van der Waals surface area contributed by atoms with Crippen molar-refractivity contribution in [1.82, 2.24) is 9.55 Å². The summed E-state index contributed by atoms with van der Waals surface area (Å²) < 4.78 is 7.30. The molecule has 1 aromatic heterocycles. The van der Waals surface area contributed by atoms with Crippen LogP contribution >= 0.6 is 0 Å². The van der Waals surface area contributed by atoms with E-state index < -0.39 is 0 Å². The number of aryl methyl sites for hydroxylation is 2. The summed E-state index contributed by atoms with van der Waals surface area (Å²) in [5, 5.41) is 0. The summed E-state index contributed by atoms with van der Waals surface area (Å²) in [5.41, 5.74) is 0. The van der Waals surface area contributed by atoms with Crippen molar-refractivity contribution in [1.29, 1.82) is 0 Å². The van der Waals surface area contributed by atoms with Crippen molar-refractivity contribution in [3.8, 4) is 0 Å². The van der Waals surface area contributed by atoms with Gasteiger partial charge in [-0.2, -0.15) is 0 Å². The molecule has 0 radical (unpaired) electrons. The summed E-state index contributed by atoms with van der Waals surface area (Å²) in [4.78, 5) is 15.8. The lowest BCUT2D eigenvalue weighted by Crippen LogP contribution is -2.28. The molecule has 82 valence electrons. The lowest BCUT2D eigenvalue weighted by atomic mass is 9.95. The van der Waals surface area contributed by atoms with E-state index in [4.69, 9.17) is 4.74 Å². The van der Waals surface area contributed by atoms with Gasteiger partial charge in [-0.05, 0) is 6.42 Å². The predicted molar refractivity (Wildman–Crippen MR) is 55.5 cm³/mol. The Morgan fingerprint density at radius 3 is 3.20 bits per heavy atom. The van der Waals surface area contributed by atoms with Gasteiger partial charge in [0.05, 0.1) is 13.2 Å². The first-order valence-corrected chi connectivity index (χ1v) is 5.34. The van der Waals surface area contributed by atoms with Crippen LogP contribution in [-0.4, -0.2) is 28.5 Å². The summed E-state index contributed by atoms with van der Waals surface area (Å²) in [5.74, 6) is 1.46. The number of rotatable bonds is 3. The van der Waals surface area contributed by atoms with E-state index in [1.807, 2.05) is 17.8 Å². The van der Waals surface area contributed by atoms with E-state index in [0.717, 1.165) is 18.7 Å². The third-order valence-electron chi connectivity index (χ3n) is 2.90. The Labute approximate surface area is 89.3 Å². The smallest absolute Gasteiger partial charge is 0.140 e. The number of Topliss-reactive ketones (excluding diaryl/α,β-unsaturated/α-hetero) is 1. The minimum absolute atomic E-state index is 0.0791. The van der Waals surface area contributed by atoms with Crippen molar-refractivity contribution in [3.63, 3.8) is 0 Å². The van der Waals surface area contributed by atoms with Crippen LogP contribution in [0.1, 0.15) is 18.7 Å². The van der Waals surface area contributed by atoms with Crippen LogP contribution in [0.15, 0.2) is 12.4 Å². The van der Waals surface area contributed by atoms with Gasteiger partial charge in [0.15, 0.2) is 0 Å². The van der Waals surface area contributed by atoms with E-state index in [9.17, 15) is 4.79 Å². The van der Waals surface area contributed by atoms with Crippen LogP contribution in [-0.2, 0) is 23.0 Å². The molecule has 0 aromatic carbocycles. The second kappa shape index (κ2) is 4.57. The monoisotopic (exact) mass is 208 g/mol. The van der Waals surface area contributed by atoms with Gasteiger partial charge in [0, 0.05) is 38.2 Å². The van der Waals surface area contributed by atoms with E-state index in [-0.39, 0.29) is 5.92 Å². The molecular weight excluding hydrogens is 192 g/mol. The maximum absolute atomic E-state index is 11.5. The standard InChI is InChI=1S/C11H16N2O2/c1-13-6-5-12-11(13)3-2-9-8-15-7-4-10(9)14/h5-6,9H,2-4,7-8H2,1H3. The third kappa shape index (κ3) is 2.45. The molecule has 4 heteroatoms. The topological polar surface area (TPSA) is 44.1 Å². The fourth-order valence-corrected chi connectivity index (χ4v) is 1.88. The van der Waals surface area contributed by atoms with Crippen LogP contribution in [0.3, 0.4) is 0 Å². The van der Waals surface area contributed by atoms with Crippen LogP contribution in [0.25, 0.3) is 0 Å². The number of aromatic nitrogens is 2. The summed E-state index contributed by atoms with van der Waals surface area (Å²) in [7, 11) is 1.97. The number of hydrogen-bond acceptors (Lipinski definition) is 3. The van der Waals surface area contributed by atoms with Gasteiger partial charge >= 0.3 is 0 Å². The zero-order valence-corrected chi connectivity index (χ0v) is 8.98. The number of ketones is 1. The van der Waals surface area contributed by atoms with Gasteiger partial charge in [-0.1, -0.05) is 0 Å². The molecule has 0 amide bonds. The van der Waals surface area contributed by atoms with Crippen LogP contribution in [0.5, 0.6) is 0 Å². The van der Waals surface area contributed by atoms with Crippen molar-refractivity contribution in [2.75, 3.05) is 13.2 Å². The number of carbonyl (C=O) groups excluding carboxylic acids is 1. The molecule has 2 rings (SSSR count). The molecule has 1 atom stereocenters. The van der Waals surface area contributed by atoms with E-state index in [1.165, 1.54) is 0 Å². The molecule has 15 heavy (non-hydrogen) atoms. The minimum Gasteiger partial charge on any atom is -0.380 e. The Bertz CT molecular complexity index is 346. The average molecular weight is 208 g/mol. The Morgan fingerprint density at radius 2 is 2.53 bits per heavy atom.